The quantitative estimate of drug-likeness (QED) is 0.746. The molecule has 0 spiro atoms. The number of rotatable bonds is 6. The van der Waals surface area contributed by atoms with Crippen LogP contribution < -0.4 is 5.32 Å². The Bertz CT molecular complexity index is 292. The van der Waals surface area contributed by atoms with Gasteiger partial charge in [0.25, 0.3) is 0 Å². The Morgan fingerprint density at radius 2 is 2.17 bits per heavy atom. The Morgan fingerprint density at radius 3 is 2.78 bits per heavy atom. The maximum atomic E-state index is 11.5. The van der Waals surface area contributed by atoms with Gasteiger partial charge in [-0.25, -0.2) is 0 Å². The van der Waals surface area contributed by atoms with Crippen LogP contribution in [0.4, 0.5) is 0 Å². The van der Waals surface area contributed by atoms with E-state index >= 15 is 0 Å². The number of carboxylic acid groups (broad SMARTS) is 1. The number of carbonyl (C=O) groups is 2. The van der Waals surface area contributed by atoms with Crippen molar-refractivity contribution in [3.05, 3.63) is 0 Å². The molecule has 0 aromatic carbocycles. The molecule has 0 aromatic rings. The zero-order valence-corrected chi connectivity index (χ0v) is 11.3. The number of carbonyl (C=O) groups excluding carboxylic acids is 1. The smallest absolute Gasteiger partial charge is 0.303 e. The van der Waals surface area contributed by atoms with Gasteiger partial charge in [-0.05, 0) is 39.2 Å². The lowest BCUT2D eigenvalue weighted by Crippen LogP contribution is -2.39. The van der Waals surface area contributed by atoms with Crippen molar-refractivity contribution in [2.75, 3.05) is 19.6 Å². The molecule has 5 nitrogen and oxygen atoms in total. The van der Waals surface area contributed by atoms with Crippen LogP contribution in [-0.4, -0.2) is 47.6 Å². The normalized spacial score (nSPS) is 20.9. The van der Waals surface area contributed by atoms with Gasteiger partial charge >= 0.3 is 5.97 Å². The second-order valence-corrected chi connectivity index (χ2v) is 5.38. The summed E-state index contributed by atoms with van der Waals surface area (Å²) in [6.07, 6.45) is 2.76. The lowest BCUT2D eigenvalue weighted by Gasteiger charge is -2.31. The van der Waals surface area contributed by atoms with Crippen molar-refractivity contribution >= 4 is 11.9 Å². The van der Waals surface area contributed by atoms with Crippen molar-refractivity contribution < 1.29 is 14.7 Å². The van der Waals surface area contributed by atoms with Gasteiger partial charge in [0.1, 0.15) is 0 Å². The number of hydrogen-bond acceptors (Lipinski definition) is 3. The molecule has 0 saturated carbocycles. The molecule has 2 N–H and O–H groups in total. The number of aliphatic carboxylic acids is 1. The van der Waals surface area contributed by atoms with Crippen molar-refractivity contribution in [2.45, 2.75) is 45.6 Å². The molecule has 104 valence electrons. The topological polar surface area (TPSA) is 69.6 Å². The molecule has 1 heterocycles. The van der Waals surface area contributed by atoms with Gasteiger partial charge in [-0.15, -0.1) is 0 Å². The summed E-state index contributed by atoms with van der Waals surface area (Å²) in [6, 6.07) is 0.179. The van der Waals surface area contributed by atoms with Gasteiger partial charge in [-0.2, -0.15) is 0 Å². The SMILES string of the molecule is CC(C)NC(=O)CCN1CCCC(CC(=O)O)C1. The first-order chi connectivity index (χ1) is 8.47. The van der Waals surface area contributed by atoms with Crippen molar-refractivity contribution in [3.63, 3.8) is 0 Å². The average molecular weight is 256 g/mol. The maximum Gasteiger partial charge on any atom is 0.303 e. The van der Waals surface area contributed by atoms with Crippen LogP contribution in [0.3, 0.4) is 0 Å². The first-order valence-electron chi connectivity index (χ1n) is 6.71. The number of nitrogens with zero attached hydrogens (tertiary/aromatic N) is 1. The molecule has 1 rings (SSSR count). The molecule has 0 bridgehead atoms. The third kappa shape index (κ3) is 6.00. The Balaban J connectivity index is 2.25. The number of piperidine rings is 1. The fourth-order valence-corrected chi connectivity index (χ4v) is 2.42. The minimum Gasteiger partial charge on any atom is -0.481 e. The molecule has 1 unspecified atom stereocenters. The predicted octanol–water partition coefficient (Wildman–Crippen LogP) is 1.09. The van der Waals surface area contributed by atoms with E-state index in [1.807, 2.05) is 13.8 Å². The molecule has 5 heteroatoms. The Kier molecular flexibility index (Phi) is 6.12. The highest BCUT2D eigenvalue weighted by Gasteiger charge is 2.22. The van der Waals surface area contributed by atoms with Gasteiger partial charge in [0, 0.05) is 32.0 Å². The van der Waals surface area contributed by atoms with Crippen LogP contribution in [-0.2, 0) is 9.59 Å². The van der Waals surface area contributed by atoms with E-state index in [2.05, 4.69) is 10.2 Å². The minimum absolute atomic E-state index is 0.0744. The number of amides is 1. The fourth-order valence-electron chi connectivity index (χ4n) is 2.42. The zero-order valence-electron chi connectivity index (χ0n) is 11.3. The summed E-state index contributed by atoms with van der Waals surface area (Å²) in [7, 11) is 0. The highest BCUT2D eigenvalue weighted by atomic mass is 16.4. The lowest BCUT2D eigenvalue weighted by atomic mass is 9.95. The van der Waals surface area contributed by atoms with E-state index in [4.69, 9.17) is 5.11 Å². The van der Waals surface area contributed by atoms with Crippen LogP contribution in [0.15, 0.2) is 0 Å². The van der Waals surface area contributed by atoms with Crippen LogP contribution in [0.5, 0.6) is 0 Å². The molecule has 1 atom stereocenters. The van der Waals surface area contributed by atoms with E-state index in [0.29, 0.717) is 6.42 Å². The van der Waals surface area contributed by atoms with Crippen LogP contribution in [0.1, 0.15) is 39.5 Å². The molecule has 1 fully saturated rings. The summed E-state index contributed by atoms with van der Waals surface area (Å²) < 4.78 is 0. The third-order valence-electron chi connectivity index (χ3n) is 3.17. The van der Waals surface area contributed by atoms with Crippen LogP contribution in [0.25, 0.3) is 0 Å². The summed E-state index contributed by atoms with van der Waals surface area (Å²) in [6.45, 7) is 6.41. The van der Waals surface area contributed by atoms with Crippen LogP contribution in [0, 0.1) is 5.92 Å². The average Bonchev–Trinajstić information content (AvgIpc) is 2.25. The van der Waals surface area contributed by atoms with E-state index in [-0.39, 0.29) is 24.3 Å². The van der Waals surface area contributed by atoms with Gasteiger partial charge < -0.3 is 15.3 Å². The van der Waals surface area contributed by atoms with Gasteiger partial charge in [-0.3, -0.25) is 9.59 Å². The Labute approximate surface area is 109 Å². The number of hydrogen-bond donors (Lipinski definition) is 2. The van der Waals surface area contributed by atoms with E-state index in [1.54, 1.807) is 0 Å². The molecular weight excluding hydrogens is 232 g/mol. The maximum absolute atomic E-state index is 11.5. The van der Waals surface area contributed by atoms with Crippen molar-refractivity contribution in [2.24, 2.45) is 5.92 Å². The lowest BCUT2D eigenvalue weighted by molar-refractivity contribution is -0.138. The third-order valence-corrected chi connectivity index (χ3v) is 3.17. The van der Waals surface area contributed by atoms with E-state index in [9.17, 15) is 9.59 Å². The summed E-state index contributed by atoms with van der Waals surface area (Å²) in [4.78, 5) is 24.4. The second kappa shape index (κ2) is 7.36. The fraction of sp³-hybridized carbons (Fsp3) is 0.846. The Hall–Kier alpha value is -1.10. The summed E-state index contributed by atoms with van der Waals surface area (Å²) in [5.41, 5.74) is 0. The Morgan fingerprint density at radius 1 is 1.44 bits per heavy atom. The first-order valence-corrected chi connectivity index (χ1v) is 6.71. The monoisotopic (exact) mass is 256 g/mol. The molecule has 1 amide bonds. The minimum atomic E-state index is -0.723. The van der Waals surface area contributed by atoms with Crippen molar-refractivity contribution in [1.82, 2.24) is 10.2 Å². The first kappa shape index (κ1) is 15.0. The standard InChI is InChI=1S/C13H24N2O3/c1-10(2)14-12(16)5-7-15-6-3-4-11(9-15)8-13(17)18/h10-11H,3-9H2,1-2H3,(H,14,16)(H,17,18). The largest absolute Gasteiger partial charge is 0.481 e. The number of nitrogens with one attached hydrogen (secondary N) is 1. The summed E-state index contributed by atoms with van der Waals surface area (Å²) in [5.74, 6) is -0.408. The highest BCUT2D eigenvalue weighted by molar-refractivity contribution is 5.76. The zero-order chi connectivity index (χ0) is 13.5. The molecular formula is C13H24N2O3. The number of carboxylic acids is 1. The molecule has 1 saturated heterocycles. The van der Waals surface area contributed by atoms with E-state index in [0.717, 1.165) is 32.5 Å². The summed E-state index contributed by atoms with van der Waals surface area (Å²) in [5, 5.41) is 11.7. The van der Waals surface area contributed by atoms with Crippen LogP contribution in [0.2, 0.25) is 0 Å². The van der Waals surface area contributed by atoms with Crippen molar-refractivity contribution in [3.8, 4) is 0 Å². The molecule has 0 aliphatic carbocycles. The van der Waals surface area contributed by atoms with Gasteiger partial charge in [0.05, 0.1) is 0 Å². The molecule has 0 aromatic heterocycles. The van der Waals surface area contributed by atoms with Gasteiger partial charge in [-0.1, -0.05) is 0 Å². The second-order valence-electron chi connectivity index (χ2n) is 5.38. The van der Waals surface area contributed by atoms with E-state index in [1.165, 1.54) is 0 Å². The van der Waals surface area contributed by atoms with Gasteiger partial charge in [0.15, 0.2) is 0 Å². The molecule has 1 aliphatic rings. The van der Waals surface area contributed by atoms with Crippen LogP contribution >= 0.6 is 0 Å². The molecule has 18 heavy (non-hydrogen) atoms. The predicted molar refractivity (Wildman–Crippen MR) is 69.3 cm³/mol. The summed E-state index contributed by atoms with van der Waals surface area (Å²) >= 11 is 0. The molecule has 0 radical (unpaired) electrons. The molecule has 1 aliphatic heterocycles. The van der Waals surface area contributed by atoms with Gasteiger partial charge in [0.2, 0.25) is 5.91 Å². The van der Waals surface area contributed by atoms with Crippen molar-refractivity contribution in [1.29, 1.82) is 0 Å². The number of likely N-dealkylation sites (tertiary alicyclic amines) is 1. The van der Waals surface area contributed by atoms with E-state index < -0.39 is 5.97 Å². The highest BCUT2D eigenvalue weighted by Crippen LogP contribution is 2.19.